The number of aromatic nitrogens is 3. The number of benzene rings is 1. The van der Waals surface area contributed by atoms with Crippen molar-refractivity contribution in [1.82, 2.24) is 19.9 Å². The fraction of sp³-hybridized carbons (Fsp3) is 0.375. The maximum Gasteiger partial charge on any atom is 0.328 e. The van der Waals surface area contributed by atoms with E-state index in [0.717, 1.165) is 11.4 Å². The molecular formula is C24H29N5O4S. The summed E-state index contributed by atoms with van der Waals surface area (Å²) in [5.41, 5.74) is 2.94. The maximum absolute atomic E-state index is 13.5. The van der Waals surface area contributed by atoms with Crippen LogP contribution in [-0.4, -0.2) is 57.5 Å². The zero-order valence-electron chi connectivity index (χ0n) is 19.8. The van der Waals surface area contributed by atoms with E-state index in [4.69, 9.17) is 9.72 Å². The van der Waals surface area contributed by atoms with Crippen molar-refractivity contribution < 1.29 is 19.1 Å². The molecule has 0 aliphatic rings. The smallest absolute Gasteiger partial charge is 0.328 e. The predicted molar refractivity (Wildman–Crippen MR) is 133 cm³/mol. The van der Waals surface area contributed by atoms with Crippen LogP contribution in [0.3, 0.4) is 0 Å². The molecule has 34 heavy (non-hydrogen) atoms. The molecule has 1 aromatic carbocycles. The van der Waals surface area contributed by atoms with Crippen LogP contribution >= 0.6 is 11.8 Å². The Morgan fingerprint density at radius 3 is 2.68 bits per heavy atom. The van der Waals surface area contributed by atoms with Crippen molar-refractivity contribution in [2.75, 3.05) is 24.4 Å². The van der Waals surface area contributed by atoms with Gasteiger partial charge in [0.2, 0.25) is 5.91 Å². The van der Waals surface area contributed by atoms with Crippen LogP contribution in [0.25, 0.3) is 11.0 Å². The first-order chi connectivity index (χ1) is 16.4. The minimum absolute atomic E-state index is 0.261. The molecule has 0 aliphatic heterocycles. The van der Waals surface area contributed by atoms with Crippen molar-refractivity contribution >= 4 is 46.3 Å². The Morgan fingerprint density at radius 2 is 2.06 bits per heavy atom. The molecule has 3 rings (SSSR count). The second kappa shape index (κ2) is 11.6. The van der Waals surface area contributed by atoms with Gasteiger partial charge < -0.3 is 19.9 Å². The van der Waals surface area contributed by atoms with Gasteiger partial charge in [0.25, 0.3) is 5.91 Å². The predicted octanol–water partition coefficient (Wildman–Crippen LogP) is 3.02. The highest BCUT2D eigenvalue weighted by Crippen LogP contribution is 2.27. The molecule has 0 saturated heterocycles. The zero-order chi connectivity index (χ0) is 24.7. The number of carbonyl (C=O) groups excluding carboxylic acids is 3. The van der Waals surface area contributed by atoms with Crippen LogP contribution in [0.2, 0.25) is 0 Å². The minimum atomic E-state index is -0.787. The van der Waals surface area contributed by atoms with E-state index in [-0.39, 0.29) is 5.91 Å². The van der Waals surface area contributed by atoms with Crippen LogP contribution in [0, 0.1) is 0 Å². The number of ether oxygens (including phenoxy) is 1. The molecule has 0 radical (unpaired) electrons. The molecule has 0 unspecified atom stereocenters. The van der Waals surface area contributed by atoms with Crippen LogP contribution in [0.15, 0.2) is 36.7 Å². The normalized spacial score (nSPS) is 11.8. The van der Waals surface area contributed by atoms with Crippen LogP contribution in [0.1, 0.15) is 42.0 Å². The number of nitrogens with zero attached hydrogens (tertiary/aromatic N) is 3. The molecule has 3 aromatic rings. The SMILES string of the molecule is CCc1nc2cc(NC(C)=O)cc(C(=O)N[C@@H](CCSC)C(=O)OC)c2n1Cc1cccnc1. The summed E-state index contributed by atoms with van der Waals surface area (Å²) >= 11 is 1.58. The molecule has 2 heterocycles. The Hall–Kier alpha value is -3.40. The summed E-state index contributed by atoms with van der Waals surface area (Å²) in [6.07, 6.45) is 6.48. The van der Waals surface area contributed by atoms with E-state index in [2.05, 4.69) is 15.6 Å². The molecule has 0 saturated carbocycles. The van der Waals surface area contributed by atoms with Gasteiger partial charge in [0, 0.05) is 31.4 Å². The molecule has 2 N–H and O–H groups in total. The molecule has 0 bridgehead atoms. The van der Waals surface area contributed by atoms with Crippen molar-refractivity contribution in [2.24, 2.45) is 0 Å². The largest absolute Gasteiger partial charge is 0.467 e. The number of imidazole rings is 1. The summed E-state index contributed by atoms with van der Waals surface area (Å²) < 4.78 is 6.87. The van der Waals surface area contributed by atoms with Gasteiger partial charge in [0.15, 0.2) is 0 Å². The first kappa shape index (κ1) is 25.2. The number of hydrogen-bond donors (Lipinski definition) is 2. The maximum atomic E-state index is 13.5. The highest BCUT2D eigenvalue weighted by Gasteiger charge is 2.25. The lowest BCUT2D eigenvalue weighted by Crippen LogP contribution is -2.42. The molecule has 0 aliphatic carbocycles. The molecule has 1 atom stereocenters. The van der Waals surface area contributed by atoms with Crippen LogP contribution in [0.5, 0.6) is 0 Å². The number of fused-ring (bicyclic) bond motifs is 1. The number of esters is 1. The van der Waals surface area contributed by atoms with Crippen molar-refractivity contribution in [1.29, 1.82) is 0 Å². The van der Waals surface area contributed by atoms with Gasteiger partial charge in [-0.3, -0.25) is 14.6 Å². The van der Waals surface area contributed by atoms with E-state index in [1.807, 2.05) is 29.9 Å². The van der Waals surface area contributed by atoms with Gasteiger partial charge in [0.05, 0.1) is 30.3 Å². The summed E-state index contributed by atoms with van der Waals surface area (Å²) in [4.78, 5) is 46.4. The van der Waals surface area contributed by atoms with Gasteiger partial charge in [-0.2, -0.15) is 11.8 Å². The van der Waals surface area contributed by atoms with Crippen LogP contribution in [0.4, 0.5) is 5.69 Å². The lowest BCUT2D eigenvalue weighted by Gasteiger charge is -2.18. The monoisotopic (exact) mass is 483 g/mol. The van der Waals surface area contributed by atoms with Gasteiger partial charge in [-0.1, -0.05) is 13.0 Å². The highest BCUT2D eigenvalue weighted by atomic mass is 32.2. The van der Waals surface area contributed by atoms with Gasteiger partial charge in [-0.05, 0) is 42.2 Å². The summed E-state index contributed by atoms with van der Waals surface area (Å²) in [6.45, 7) is 3.86. The van der Waals surface area contributed by atoms with E-state index in [0.29, 0.717) is 47.4 Å². The average Bonchev–Trinajstić information content (AvgIpc) is 3.17. The average molecular weight is 484 g/mol. The third kappa shape index (κ3) is 5.93. The van der Waals surface area contributed by atoms with Crippen LogP contribution in [-0.2, 0) is 27.3 Å². The molecule has 10 heteroatoms. The second-order valence-electron chi connectivity index (χ2n) is 7.73. The summed E-state index contributed by atoms with van der Waals surface area (Å²) in [6, 6.07) is 6.39. The zero-order valence-corrected chi connectivity index (χ0v) is 20.6. The number of nitrogens with one attached hydrogen (secondary N) is 2. The number of amides is 2. The van der Waals surface area contributed by atoms with E-state index in [1.54, 1.807) is 36.3 Å². The third-order valence-corrected chi connectivity index (χ3v) is 5.91. The number of carbonyl (C=O) groups is 3. The summed E-state index contributed by atoms with van der Waals surface area (Å²) in [5.74, 6) is 0.266. The highest BCUT2D eigenvalue weighted by molar-refractivity contribution is 7.98. The molecule has 9 nitrogen and oxygen atoms in total. The summed E-state index contributed by atoms with van der Waals surface area (Å²) in [5, 5.41) is 5.55. The van der Waals surface area contributed by atoms with Crippen molar-refractivity contribution in [3.05, 3.63) is 53.6 Å². The number of hydrogen-bond acceptors (Lipinski definition) is 7. The Kier molecular flexibility index (Phi) is 8.64. The Labute approximate surface area is 202 Å². The van der Waals surface area contributed by atoms with Crippen LogP contribution < -0.4 is 10.6 Å². The quantitative estimate of drug-likeness (QED) is 0.426. The number of methoxy groups -OCH3 is 1. The van der Waals surface area contributed by atoms with Gasteiger partial charge in [-0.25, -0.2) is 9.78 Å². The van der Waals surface area contributed by atoms with Gasteiger partial charge in [0.1, 0.15) is 11.9 Å². The minimum Gasteiger partial charge on any atom is -0.467 e. The molecule has 0 fully saturated rings. The van der Waals surface area contributed by atoms with E-state index < -0.39 is 17.9 Å². The molecular weight excluding hydrogens is 454 g/mol. The number of aryl methyl sites for hydroxylation is 1. The van der Waals surface area contributed by atoms with E-state index in [9.17, 15) is 14.4 Å². The first-order valence-corrected chi connectivity index (χ1v) is 12.3. The van der Waals surface area contributed by atoms with Gasteiger partial charge >= 0.3 is 5.97 Å². The number of anilines is 1. The first-order valence-electron chi connectivity index (χ1n) is 10.9. The Bertz CT molecular complexity index is 1180. The van der Waals surface area contributed by atoms with Gasteiger partial charge in [-0.15, -0.1) is 0 Å². The topological polar surface area (TPSA) is 115 Å². The fourth-order valence-corrected chi connectivity index (χ4v) is 4.21. The number of thioether (sulfide) groups is 1. The number of pyridine rings is 1. The van der Waals surface area contributed by atoms with Crippen molar-refractivity contribution in [3.8, 4) is 0 Å². The van der Waals surface area contributed by atoms with E-state index in [1.165, 1.54) is 14.0 Å². The van der Waals surface area contributed by atoms with Crippen molar-refractivity contribution in [2.45, 2.75) is 39.3 Å². The molecule has 180 valence electrons. The number of rotatable bonds is 10. The standard InChI is InChI=1S/C24H29N5O4S/c1-5-21-27-20-12-17(26-15(2)30)11-18(22(20)29(21)14-16-7-6-9-25-13-16)23(31)28-19(8-10-34-4)24(32)33-3/h6-7,9,11-13,19H,5,8,10,14H2,1-4H3,(H,26,30)(H,28,31)/t19-/m0/s1. The second-order valence-corrected chi connectivity index (χ2v) is 8.72. The van der Waals surface area contributed by atoms with E-state index >= 15 is 0 Å². The molecule has 0 spiro atoms. The third-order valence-electron chi connectivity index (χ3n) is 5.27. The van der Waals surface area contributed by atoms with Crippen molar-refractivity contribution in [3.63, 3.8) is 0 Å². The fourth-order valence-electron chi connectivity index (χ4n) is 3.74. The lowest BCUT2D eigenvalue weighted by molar-refractivity contribution is -0.142. The lowest BCUT2D eigenvalue weighted by atomic mass is 10.1. The molecule has 2 amide bonds. The molecule has 2 aromatic heterocycles. The Balaban J connectivity index is 2.12. The summed E-state index contributed by atoms with van der Waals surface area (Å²) in [7, 11) is 1.30. The Morgan fingerprint density at radius 1 is 1.26 bits per heavy atom.